The number of hydrogen-bond acceptors (Lipinski definition) is 6. The molecule has 0 aliphatic heterocycles. The van der Waals surface area contributed by atoms with Crippen LogP contribution in [0.25, 0.3) is 0 Å². The maximum absolute atomic E-state index is 10.6. The summed E-state index contributed by atoms with van der Waals surface area (Å²) in [4.78, 5) is 29.1. The summed E-state index contributed by atoms with van der Waals surface area (Å²) in [6.45, 7) is 0. The van der Waals surface area contributed by atoms with E-state index in [1.165, 1.54) is 0 Å². The molecule has 14 heavy (non-hydrogen) atoms. The zero-order chi connectivity index (χ0) is 11.1. The summed E-state index contributed by atoms with van der Waals surface area (Å²) in [5, 5.41) is 13.1. The highest BCUT2D eigenvalue weighted by Gasteiger charge is 2.18. The second-order valence-corrected chi connectivity index (χ2v) is 1.81. The molecule has 0 aromatic heterocycles. The highest BCUT2D eigenvalue weighted by atomic mass is 16.7. The van der Waals surface area contributed by atoms with E-state index in [4.69, 9.17) is 22.3 Å². The van der Waals surface area contributed by atoms with Crippen molar-refractivity contribution in [3.63, 3.8) is 0 Å². The van der Waals surface area contributed by atoms with Crippen LogP contribution in [0.15, 0.2) is 0 Å². The predicted octanol–water partition coefficient (Wildman–Crippen LogP) is -3.13. The van der Waals surface area contributed by atoms with Gasteiger partial charge in [0.1, 0.15) is 0 Å². The van der Waals surface area contributed by atoms with Crippen molar-refractivity contribution in [1.29, 1.82) is 10.8 Å². The van der Waals surface area contributed by atoms with E-state index in [9.17, 15) is 9.59 Å². The van der Waals surface area contributed by atoms with Gasteiger partial charge in [0.15, 0.2) is 0 Å². The van der Waals surface area contributed by atoms with E-state index >= 15 is 0 Å². The molecule has 0 saturated heterocycles. The monoisotopic (exact) mass is 204 g/mol. The molecule has 78 valence electrons. The van der Waals surface area contributed by atoms with Gasteiger partial charge in [0.2, 0.25) is 11.9 Å². The molecule has 0 bridgehead atoms. The number of carbonyl (C=O) groups is 2. The Hall–Kier alpha value is -2.52. The normalized spacial score (nSPS) is 8.29. The second kappa shape index (κ2) is 5.18. The molecule has 0 amide bonds. The maximum Gasteiger partial charge on any atom is 0.443 e. The van der Waals surface area contributed by atoms with Crippen LogP contribution in [0, 0.1) is 10.8 Å². The van der Waals surface area contributed by atoms with Gasteiger partial charge in [0, 0.05) is 0 Å². The summed E-state index contributed by atoms with van der Waals surface area (Å²) in [5.74, 6) is -4.22. The highest BCUT2D eigenvalue weighted by Crippen LogP contribution is 1.78. The van der Waals surface area contributed by atoms with E-state index in [2.05, 4.69) is 9.68 Å². The molecule has 0 aliphatic carbocycles. The SMILES string of the molecule is N=C(N)NOC(=O)C(=O)ONC(=N)N. The molecular weight excluding hydrogens is 196 g/mol. The van der Waals surface area contributed by atoms with Gasteiger partial charge in [-0.05, 0) is 0 Å². The van der Waals surface area contributed by atoms with E-state index in [0.717, 1.165) is 0 Å². The van der Waals surface area contributed by atoms with Gasteiger partial charge in [-0.2, -0.15) is 11.0 Å². The van der Waals surface area contributed by atoms with E-state index < -0.39 is 23.9 Å². The molecule has 0 aromatic carbocycles. The first-order chi connectivity index (χ1) is 6.43. The average Bonchev–Trinajstić information content (AvgIpc) is 2.09. The number of nitrogens with one attached hydrogen (secondary N) is 4. The van der Waals surface area contributed by atoms with Crippen LogP contribution in [0.2, 0.25) is 0 Å². The maximum atomic E-state index is 10.6. The zero-order valence-electron chi connectivity index (χ0n) is 6.79. The van der Waals surface area contributed by atoms with Crippen LogP contribution in [0.5, 0.6) is 0 Å². The molecule has 0 fully saturated rings. The Labute approximate surface area is 77.4 Å². The molecule has 8 N–H and O–H groups in total. The van der Waals surface area contributed by atoms with Crippen LogP contribution >= 0.6 is 0 Å². The molecule has 0 aliphatic rings. The van der Waals surface area contributed by atoms with Gasteiger partial charge in [0.05, 0.1) is 0 Å². The zero-order valence-corrected chi connectivity index (χ0v) is 6.79. The Bertz CT molecular complexity index is 247. The van der Waals surface area contributed by atoms with Crippen molar-refractivity contribution in [1.82, 2.24) is 11.0 Å². The Morgan fingerprint density at radius 2 is 1.21 bits per heavy atom. The third-order valence-corrected chi connectivity index (χ3v) is 0.674. The van der Waals surface area contributed by atoms with Gasteiger partial charge in [-0.25, -0.2) is 9.59 Å². The summed E-state index contributed by atoms with van der Waals surface area (Å²) in [5.41, 5.74) is 12.7. The summed E-state index contributed by atoms with van der Waals surface area (Å²) in [6, 6.07) is 0. The first kappa shape index (κ1) is 11.5. The molecule has 10 heteroatoms. The van der Waals surface area contributed by atoms with Crippen LogP contribution in [0.3, 0.4) is 0 Å². The van der Waals surface area contributed by atoms with Crippen LogP contribution < -0.4 is 22.4 Å². The van der Waals surface area contributed by atoms with Gasteiger partial charge < -0.3 is 21.1 Å². The molecule has 0 atom stereocenters. The van der Waals surface area contributed by atoms with Crippen molar-refractivity contribution in [2.24, 2.45) is 11.5 Å². The summed E-state index contributed by atoms with van der Waals surface area (Å²) in [7, 11) is 0. The van der Waals surface area contributed by atoms with E-state index in [-0.39, 0.29) is 0 Å². The number of carbonyl (C=O) groups excluding carboxylic acids is 2. The van der Waals surface area contributed by atoms with Crippen molar-refractivity contribution < 1.29 is 19.3 Å². The van der Waals surface area contributed by atoms with E-state index in [1.54, 1.807) is 11.0 Å². The fourth-order valence-corrected chi connectivity index (χ4v) is 0.286. The van der Waals surface area contributed by atoms with Crippen molar-refractivity contribution in [2.75, 3.05) is 0 Å². The molecule has 0 aromatic rings. The number of guanidine groups is 2. The van der Waals surface area contributed by atoms with Crippen molar-refractivity contribution >= 4 is 23.9 Å². The van der Waals surface area contributed by atoms with Crippen molar-refractivity contribution in [2.45, 2.75) is 0 Å². The van der Waals surface area contributed by atoms with Gasteiger partial charge in [-0.3, -0.25) is 10.8 Å². The van der Waals surface area contributed by atoms with Crippen LogP contribution in [-0.4, -0.2) is 23.9 Å². The van der Waals surface area contributed by atoms with Crippen LogP contribution in [0.1, 0.15) is 0 Å². The summed E-state index contributed by atoms with van der Waals surface area (Å²) >= 11 is 0. The number of hydroxylamine groups is 2. The largest absolute Gasteiger partial charge is 0.443 e. The predicted molar refractivity (Wildman–Crippen MR) is 42.3 cm³/mol. The quantitative estimate of drug-likeness (QED) is 0.104. The number of rotatable bonds is 0. The average molecular weight is 204 g/mol. The van der Waals surface area contributed by atoms with Crippen LogP contribution in [0.4, 0.5) is 0 Å². The minimum atomic E-state index is -1.45. The summed E-state index contributed by atoms with van der Waals surface area (Å²) < 4.78 is 0. The third-order valence-electron chi connectivity index (χ3n) is 0.674. The molecule has 0 rings (SSSR count). The standard InChI is InChI=1S/C4H8N6O4/c5-3(6)9-13-1(11)2(12)14-10-4(7)8/h(H4,5,6,9)(H4,7,8,10). The van der Waals surface area contributed by atoms with Gasteiger partial charge in [0.25, 0.3) is 0 Å². The third kappa shape index (κ3) is 5.17. The summed E-state index contributed by atoms with van der Waals surface area (Å²) in [6.07, 6.45) is 0. The van der Waals surface area contributed by atoms with E-state index in [0.29, 0.717) is 0 Å². The smallest absolute Gasteiger partial charge is 0.368 e. The van der Waals surface area contributed by atoms with Crippen molar-refractivity contribution in [3.05, 3.63) is 0 Å². The highest BCUT2D eigenvalue weighted by molar-refractivity contribution is 6.29. The fourth-order valence-electron chi connectivity index (χ4n) is 0.286. The van der Waals surface area contributed by atoms with Crippen LogP contribution in [-0.2, 0) is 19.3 Å². The second-order valence-electron chi connectivity index (χ2n) is 1.81. The molecule has 0 radical (unpaired) electrons. The van der Waals surface area contributed by atoms with E-state index in [1.807, 2.05) is 0 Å². The Morgan fingerprint density at radius 1 is 0.929 bits per heavy atom. The lowest BCUT2D eigenvalue weighted by Crippen LogP contribution is -2.39. The molecule has 0 saturated carbocycles. The Kier molecular flexibility index (Phi) is 4.25. The molecular formula is C4H8N6O4. The first-order valence-electron chi connectivity index (χ1n) is 3.05. The Balaban J connectivity index is 3.82. The van der Waals surface area contributed by atoms with Gasteiger partial charge >= 0.3 is 11.9 Å². The molecule has 0 spiro atoms. The molecule has 0 heterocycles. The first-order valence-corrected chi connectivity index (χ1v) is 3.05. The van der Waals surface area contributed by atoms with Gasteiger partial charge in [-0.15, -0.1) is 0 Å². The molecule has 10 nitrogen and oxygen atoms in total. The van der Waals surface area contributed by atoms with Gasteiger partial charge in [-0.1, -0.05) is 0 Å². The fraction of sp³-hybridized carbons (Fsp3) is 0. The molecule has 0 unspecified atom stereocenters. The minimum Gasteiger partial charge on any atom is -0.368 e. The van der Waals surface area contributed by atoms with Crippen molar-refractivity contribution in [3.8, 4) is 0 Å². The lowest BCUT2D eigenvalue weighted by Gasteiger charge is -2.04. The Morgan fingerprint density at radius 3 is 1.43 bits per heavy atom. The lowest BCUT2D eigenvalue weighted by molar-refractivity contribution is -0.172. The topological polar surface area (TPSA) is 176 Å². The minimum absolute atomic E-state index is 0.661. The lowest BCUT2D eigenvalue weighted by atomic mass is 10.7. The number of nitrogens with two attached hydrogens (primary N) is 2. The number of hydrogen-bond donors (Lipinski definition) is 6.